The van der Waals surface area contributed by atoms with Crippen LogP contribution in [0, 0.1) is 5.41 Å². The lowest BCUT2D eigenvalue weighted by Crippen LogP contribution is -2.39. The lowest BCUT2D eigenvalue weighted by Gasteiger charge is -2.33. The molecule has 1 aliphatic heterocycles. The molecule has 0 aliphatic carbocycles. The molecule has 1 saturated heterocycles. The first-order valence-corrected chi connectivity index (χ1v) is 7.56. The van der Waals surface area contributed by atoms with E-state index < -0.39 is 10.0 Å². The zero-order chi connectivity index (χ0) is 13.9. The molecule has 0 bridgehead atoms. The van der Waals surface area contributed by atoms with E-state index in [2.05, 4.69) is 4.72 Å². The number of carbonyl (C=O) groups excluding carboxylic acids is 1. The molecular formula is C12H17NO5S. The van der Waals surface area contributed by atoms with E-state index in [9.17, 15) is 13.2 Å². The number of aldehydes is 1. The van der Waals surface area contributed by atoms with Gasteiger partial charge in [-0.15, -0.1) is 0 Å². The van der Waals surface area contributed by atoms with Crippen LogP contribution >= 0.6 is 0 Å². The molecule has 19 heavy (non-hydrogen) atoms. The van der Waals surface area contributed by atoms with Gasteiger partial charge in [0.1, 0.15) is 0 Å². The summed E-state index contributed by atoms with van der Waals surface area (Å²) >= 11 is 0. The van der Waals surface area contributed by atoms with Gasteiger partial charge in [-0.3, -0.25) is 4.79 Å². The normalized spacial score (nSPS) is 19.2. The third-order valence-electron chi connectivity index (χ3n) is 3.37. The van der Waals surface area contributed by atoms with Crippen molar-refractivity contribution in [3.05, 3.63) is 17.9 Å². The number of hydrogen-bond acceptors (Lipinski definition) is 5. The zero-order valence-electron chi connectivity index (χ0n) is 10.7. The summed E-state index contributed by atoms with van der Waals surface area (Å²) in [6.07, 6.45) is 2.10. The van der Waals surface area contributed by atoms with Crippen molar-refractivity contribution in [2.45, 2.75) is 24.9 Å². The van der Waals surface area contributed by atoms with Crippen molar-refractivity contribution in [1.29, 1.82) is 0 Å². The van der Waals surface area contributed by atoms with Gasteiger partial charge in [0.2, 0.25) is 5.09 Å². The Hall–Kier alpha value is -1.18. The Morgan fingerprint density at radius 3 is 2.63 bits per heavy atom. The van der Waals surface area contributed by atoms with Crippen LogP contribution in [0.1, 0.15) is 30.3 Å². The number of nitrogens with one attached hydrogen (secondary N) is 1. The summed E-state index contributed by atoms with van der Waals surface area (Å²) in [5.74, 6) is -0.00217. The molecule has 0 radical (unpaired) electrons. The number of hydrogen-bond donors (Lipinski definition) is 1. The third kappa shape index (κ3) is 3.43. The minimum atomic E-state index is -3.70. The summed E-state index contributed by atoms with van der Waals surface area (Å²) in [6, 6.07) is 2.61. The van der Waals surface area contributed by atoms with Crippen LogP contribution in [0.2, 0.25) is 0 Å². The molecule has 0 saturated carbocycles. The van der Waals surface area contributed by atoms with Crippen LogP contribution < -0.4 is 4.72 Å². The van der Waals surface area contributed by atoms with Gasteiger partial charge in [0.25, 0.3) is 10.0 Å². The first-order chi connectivity index (χ1) is 8.95. The number of furan rings is 1. The Balaban J connectivity index is 2.03. The van der Waals surface area contributed by atoms with Crippen LogP contribution in [0.4, 0.5) is 0 Å². The maximum absolute atomic E-state index is 12.0. The fourth-order valence-corrected chi connectivity index (χ4v) is 3.06. The van der Waals surface area contributed by atoms with Crippen LogP contribution in [0.3, 0.4) is 0 Å². The highest BCUT2D eigenvalue weighted by atomic mass is 32.2. The molecule has 0 spiro atoms. The van der Waals surface area contributed by atoms with Gasteiger partial charge in [0.05, 0.1) is 0 Å². The molecule has 2 heterocycles. The highest BCUT2D eigenvalue weighted by Crippen LogP contribution is 2.29. The summed E-state index contributed by atoms with van der Waals surface area (Å²) in [5, 5.41) is -0.231. The molecule has 1 aromatic heterocycles. The number of carbonyl (C=O) groups is 1. The van der Waals surface area contributed by atoms with Gasteiger partial charge in [0.15, 0.2) is 12.0 Å². The largest absolute Gasteiger partial charge is 0.440 e. The fraction of sp³-hybridized carbons (Fsp3) is 0.583. The smallest absolute Gasteiger partial charge is 0.273 e. The highest BCUT2D eigenvalue weighted by Gasteiger charge is 2.30. The molecule has 0 aromatic carbocycles. The Bertz CT molecular complexity index is 542. The zero-order valence-corrected chi connectivity index (χ0v) is 11.5. The molecule has 1 aromatic rings. The molecule has 1 N–H and O–H groups in total. The molecule has 1 fully saturated rings. The van der Waals surface area contributed by atoms with E-state index in [0.717, 1.165) is 12.8 Å². The van der Waals surface area contributed by atoms with Gasteiger partial charge in [-0.2, -0.15) is 0 Å². The van der Waals surface area contributed by atoms with Crippen molar-refractivity contribution in [3.63, 3.8) is 0 Å². The first-order valence-electron chi connectivity index (χ1n) is 6.08. The van der Waals surface area contributed by atoms with E-state index in [-0.39, 0.29) is 16.3 Å². The molecule has 2 rings (SSSR count). The number of rotatable bonds is 5. The quantitative estimate of drug-likeness (QED) is 0.822. The Morgan fingerprint density at radius 1 is 1.37 bits per heavy atom. The molecule has 7 heteroatoms. The average Bonchev–Trinajstić information content (AvgIpc) is 2.87. The minimum Gasteiger partial charge on any atom is -0.440 e. The molecular weight excluding hydrogens is 270 g/mol. The summed E-state index contributed by atoms with van der Waals surface area (Å²) in [4.78, 5) is 10.5. The van der Waals surface area contributed by atoms with Gasteiger partial charge < -0.3 is 9.15 Å². The van der Waals surface area contributed by atoms with Gasteiger partial charge in [-0.05, 0) is 30.4 Å². The summed E-state index contributed by atoms with van der Waals surface area (Å²) < 4.78 is 36.7. The van der Waals surface area contributed by atoms with Crippen molar-refractivity contribution >= 4 is 16.3 Å². The predicted octanol–water partition coefficient (Wildman–Crippen LogP) is 1.19. The van der Waals surface area contributed by atoms with Crippen molar-refractivity contribution < 1.29 is 22.4 Å². The molecule has 0 amide bonds. The minimum absolute atomic E-state index is 0.00217. The lowest BCUT2D eigenvalue weighted by molar-refractivity contribution is 0.0264. The second kappa shape index (κ2) is 5.44. The molecule has 1 aliphatic rings. The van der Waals surface area contributed by atoms with Crippen LogP contribution in [0.25, 0.3) is 0 Å². The van der Waals surface area contributed by atoms with Crippen LogP contribution in [-0.2, 0) is 14.8 Å². The maximum atomic E-state index is 12.0. The summed E-state index contributed by atoms with van der Waals surface area (Å²) in [6.45, 7) is 3.65. The number of ether oxygens (including phenoxy) is 1. The number of sulfonamides is 1. The van der Waals surface area contributed by atoms with E-state index in [1.165, 1.54) is 12.1 Å². The predicted molar refractivity (Wildman–Crippen MR) is 67.4 cm³/mol. The van der Waals surface area contributed by atoms with E-state index in [1.54, 1.807) is 0 Å². The van der Waals surface area contributed by atoms with Gasteiger partial charge >= 0.3 is 0 Å². The van der Waals surface area contributed by atoms with Crippen molar-refractivity contribution in [3.8, 4) is 0 Å². The Morgan fingerprint density at radius 2 is 2.05 bits per heavy atom. The summed E-state index contributed by atoms with van der Waals surface area (Å²) in [5.41, 5.74) is -0.106. The van der Waals surface area contributed by atoms with Crippen LogP contribution in [0.5, 0.6) is 0 Å². The molecule has 0 unspecified atom stereocenters. The second-order valence-corrected chi connectivity index (χ2v) is 6.72. The van der Waals surface area contributed by atoms with Crippen LogP contribution in [-0.4, -0.2) is 34.5 Å². The second-order valence-electron chi connectivity index (χ2n) is 5.02. The highest BCUT2D eigenvalue weighted by molar-refractivity contribution is 7.89. The maximum Gasteiger partial charge on any atom is 0.273 e. The monoisotopic (exact) mass is 287 g/mol. The van der Waals surface area contributed by atoms with E-state index >= 15 is 0 Å². The van der Waals surface area contributed by atoms with Crippen LogP contribution in [0.15, 0.2) is 21.6 Å². The first kappa shape index (κ1) is 14.2. The van der Waals surface area contributed by atoms with Crippen molar-refractivity contribution in [2.24, 2.45) is 5.41 Å². The molecule has 6 nitrogen and oxygen atoms in total. The fourth-order valence-electron chi connectivity index (χ4n) is 1.92. The average molecular weight is 287 g/mol. The van der Waals surface area contributed by atoms with E-state index in [4.69, 9.17) is 9.15 Å². The third-order valence-corrected chi connectivity index (χ3v) is 4.65. The van der Waals surface area contributed by atoms with Crippen molar-refractivity contribution in [1.82, 2.24) is 4.72 Å². The Labute approximate surface area is 112 Å². The van der Waals surface area contributed by atoms with Gasteiger partial charge in [-0.25, -0.2) is 13.1 Å². The topological polar surface area (TPSA) is 85.6 Å². The van der Waals surface area contributed by atoms with Gasteiger partial charge in [0, 0.05) is 19.8 Å². The SMILES string of the molecule is CC1(CNS(=O)(=O)c2ccc(C=O)o2)CCOCC1. The summed E-state index contributed by atoms with van der Waals surface area (Å²) in [7, 11) is -3.70. The standard InChI is InChI=1S/C12H17NO5S/c1-12(4-6-17-7-5-12)9-13-19(15,16)11-3-2-10(8-14)18-11/h2-3,8,13H,4-7,9H2,1H3. The Kier molecular flexibility index (Phi) is 4.07. The lowest BCUT2D eigenvalue weighted by atomic mass is 9.83. The van der Waals surface area contributed by atoms with Gasteiger partial charge in [-0.1, -0.05) is 6.92 Å². The molecule has 106 valence electrons. The molecule has 0 atom stereocenters. The van der Waals surface area contributed by atoms with E-state index in [0.29, 0.717) is 26.0 Å². The van der Waals surface area contributed by atoms with E-state index in [1.807, 2.05) is 6.92 Å². The van der Waals surface area contributed by atoms with Crippen molar-refractivity contribution in [2.75, 3.05) is 19.8 Å².